The van der Waals surface area contributed by atoms with Gasteiger partial charge in [-0.05, 0) is 42.8 Å². The number of hydrogen-bond donors (Lipinski definition) is 2. The molecule has 0 saturated carbocycles. The number of hydrogen-bond acceptors (Lipinski definition) is 8. The Labute approximate surface area is 209 Å². The Morgan fingerprint density at radius 3 is 2.41 bits per heavy atom. The van der Waals surface area contributed by atoms with Gasteiger partial charge in [-0.2, -0.15) is 0 Å². The zero-order valence-corrected chi connectivity index (χ0v) is 20.8. The van der Waals surface area contributed by atoms with E-state index in [1.165, 1.54) is 43.6 Å². The van der Waals surface area contributed by atoms with Crippen molar-refractivity contribution < 1.29 is 22.7 Å². The van der Waals surface area contributed by atoms with Crippen molar-refractivity contribution in [2.24, 2.45) is 0 Å². The molecule has 1 aliphatic heterocycles. The number of imide groups is 1. The van der Waals surface area contributed by atoms with Crippen LogP contribution in [0.25, 0.3) is 0 Å². The Balaban J connectivity index is 1.57. The van der Waals surface area contributed by atoms with E-state index in [2.05, 4.69) is 15.0 Å². The van der Waals surface area contributed by atoms with Gasteiger partial charge in [0.15, 0.2) is 5.13 Å². The van der Waals surface area contributed by atoms with Crippen molar-refractivity contribution in [1.29, 1.82) is 0 Å². The van der Waals surface area contributed by atoms with Gasteiger partial charge in [0.2, 0.25) is 0 Å². The Hall–Kier alpha value is -3.12. The summed E-state index contributed by atoms with van der Waals surface area (Å²) < 4.78 is 32.6. The highest BCUT2D eigenvalue weighted by molar-refractivity contribution is 7.93. The van der Waals surface area contributed by atoms with Gasteiger partial charge in [0.25, 0.3) is 21.8 Å². The summed E-state index contributed by atoms with van der Waals surface area (Å²) in [6, 6.07) is 8.64. The fraction of sp³-hybridized carbons (Fsp3) is 0.0952. The van der Waals surface area contributed by atoms with Crippen LogP contribution >= 0.6 is 34.5 Å². The van der Waals surface area contributed by atoms with E-state index < -0.39 is 21.8 Å². The van der Waals surface area contributed by atoms with Crippen molar-refractivity contribution >= 4 is 72.9 Å². The van der Waals surface area contributed by atoms with Crippen LogP contribution in [0.5, 0.6) is 5.75 Å². The lowest BCUT2D eigenvalue weighted by Crippen LogP contribution is -2.32. The number of nitrogens with one attached hydrogen (secondary N) is 2. The van der Waals surface area contributed by atoms with Gasteiger partial charge in [-0.25, -0.2) is 18.3 Å². The summed E-state index contributed by atoms with van der Waals surface area (Å²) in [5, 5.41) is 4.78. The predicted octanol–water partition coefficient (Wildman–Crippen LogP) is 4.35. The lowest BCUT2D eigenvalue weighted by Gasteiger charge is -2.19. The molecule has 3 aromatic rings. The largest absolute Gasteiger partial charge is 0.494 e. The van der Waals surface area contributed by atoms with Gasteiger partial charge in [0, 0.05) is 28.4 Å². The zero-order chi connectivity index (χ0) is 24.6. The fourth-order valence-electron chi connectivity index (χ4n) is 3.13. The zero-order valence-electron chi connectivity index (χ0n) is 17.6. The molecule has 0 fully saturated rings. The summed E-state index contributed by atoms with van der Waals surface area (Å²) in [4.78, 5) is 30.7. The van der Waals surface area contributed by atoms with E-state index in [0.717, 1.165) is 16.2 Å². The van der Waals surface area contributed by atoms with E-state index in [9.17, 15) is 18.0 Å². The van der Waals surface area contributed by atoms with Crippen molar-refractivity contribution in [3.05, 3.63) is 69.3 Å². The lowest BCUT2D eigenvalue weighted by atomic mass is 10.2. The maximum Gasteiger partial charge on any atom is 0.283 e. The van der Waals surface area contributed by atoms with Crippen LogP contribution in [0.4, 0.5) is 16.5 Å². The highest BCUT2D eigenvalue weighted by atomic mass is 35.5. The summed E-state index contributed by atoms with van der Waals surface area (Å²) in [5.41, 5.74) is 1.03. The number of carbonyl (C=O) groups excluding carboxylic acids is 2. The van der Waals surface area contributed by atoms with E-state index in [1.54, 1.807) is 18.4 Å². The molecule has 2 heterocycles. The first-order valence-electron chi connectivity index (χ1n) is 9.54. The molecule has 34 heavy (non-hydrogen) atoms. The third kappa shape index (κ3) is 4.47. The molecule has 13 heteroatoms. The van der Waals surface area contributed by atoms with E-state index in [-0.39, 0.29) is 32.2 Å². The van der Waals surface area contributed by atoms with Gasteiger partial charge in [-0.15, -0.1) is 11.3 Å². The second-order valence-corrected chi connectivity index (χ2v) is 10.4. The van der Waals surface area contributed by atoms with Gasteiger partial charge < -0.3 is 10.1 Å². The molecule has 2 N–H and O–H groups in total. The minimum atomic E-state index is -3.84. The van der Waals surface area contributed by atoms with Gasteiger partial charge in [0.1, 0.15) is 16.5 Å². The molecule has 0 unspecified atom stereocenters. The Morgan fingerprint density at radius 2 is 1.79 bits per heavy atom. The summed E-state index contributed by atoms with van der Waals surface area (Å²) in [6.45, 7) is 1.73. The van der Waals surface area contributed by atoms with Crippen molar-refractivity contribution in [1.82, 2.24) is 4.98 Å². The molecular weight excluding hydrogens is 523 g/mol. The number of benzene rings is 2. The van der Waals surface area contributed by atoms with Crippen molar-refractivity contribution in [2.75, 3.05) is 22.0 Å². The average molecular weight is 539 g/mol. The molecule has 0 spiro atoms. The van der Waals surface area contributed by atoms with Crippen LogP contribution in [0, 0.1) is 6.92 Å². The van der Waals surface area contributed by atoms with Crippen LogP contribution in [-0.2, 0) is 19.6 Å². The predicted molar refractivity (Wildman–Crippen MR) is 131 cm³/mol. The average Bonchev–Trinajstić information content (AvgIpc) is 3.38. The number of methoxy groups -OCH3 is 1. The molecule has 0 radical (unpaired) electrons. The summed E-state index contributed by atoms with van der Waals surface area (Å²) in [5.74, 6) is -1.21. The monoisotopic (exact) mass is 538 g/mol. The van der Waals surface area contributed by atoms with E-state index in [4.69, 9.17) is 27.9 Å². The molecule has 0 bridgehead atoms. The number of nitrogens with zero attached hydrogens (tertiary/aromatic N) is 2. The van der Waals surface area contributed by atoms with Crippen LogP contribution < -0.4 is 19.7 Å². The summed E-state index contributed by atoms with van der Waals surface area (Å²) in [6.07, 6.45) is 1.48. The van der Waals surface area contributed by atoms with Crippen molar-refractivity contribution in [3.63, 3.8) is 0 Å². The second-order valence-electron chi connectivity index (χ2n) is 7.00. The number of anilines is 3. The Kier molecular flexibility index (Phi) is 6.54. The summed E-state index contributed by atoms with van der Waals surface area (Å²) >= 11 is 13.5. The smallest absolute Gasteiger partial charge is 0.283 e. The SMILES string of the molecule is COc1cc(Cl)c(C)cc1N1C(=O)C(Cl)=C(Nc2ccc(S(=O)(=O)Nc3nccs3)cc2)C1=O. The number of amides is 2. The van der Waals surface area contributed by atoms with Crippen LogP contribution in [0.2, 0.25) is 5.02 Å². The molecule has 176 valence electrons. The maximum atomic E-state index is 13.1. The Morgan fingerprint density at radius 1 is 1.09 bits per heavy atom. The first-order chi connectivity index (χ1) is 16.1. The van der Waals surface area contributed by atoms with E-state index >= 15 is 0 Å². The minimum Gasteiger partial charge on any atom is -0.494 e. The molecule has 2 aromatic carbocycles. The molecule has 1 aromatic heterocycles. The molecule has 0 atom stereocenters. The maximum absolute atomic E-state index is 13.1. The van der Waals surface area contributed by atoms with Crippen molar-refractivity contribution in [3.8, 4) is 5.75 Å². The lowest BCUT2D eigenvalue weighted by molar-refractivity contribution is -0.120. The molecule has 2 amide bonds. The first kappa shape index (κ1) is 24.0. The van der Waals surface area contributed by atoms with Crippen LogP contribution in [0.15, 0.2) is 63.6 Å². The van der Waals surface area contributed by atoms with Crippen LogP contribution in [0.3, 0.4) is 0 Å². The van der Waals surface area contributed by atoms with Gasteiger partial charge in [0.05, 0.1) is 17.7 Å². The third-order valence-corrected chi connectivity index (χ3v) is 7.75. The number of ether oxygens (including phenoxy) is 1. The minimum absolute atomic E-state index is 0.00912. The topological polar surface area (TPSA) is 118 Å². The third-order valence-electron chi connectivity index (χ3n) is 4.82. The van der Waals surface area contributed by atoms with Crippen LogP contribution in [-0.4, -0.2) is 32.3 Å². The Bertz CT molecular complexity index is 1420. The standard InChI is InChI=1S/C21H16Cl2N4O5S2/c1-11-9-15(16(32-2)10-14(11)22)27-19(28)17(23)18(20(27)29)25-12-3-5-13(6-4-12)34(30,31)26-21-24-7-8-33-21/h3-10,25H,1-2H3,(H,24,26). The molecule has 4 rings (SSSR count). The van der Waals surface area contributed by atoms with E-state index in [1.807, 2.05) is 0 Å². The highest BCUT2D eigenvalue weighted by Gasteiger charge is 2.40. The van der Waals surface area contributed by atoms with Gasteiger partial charge >= 0.3 is 0 Å². The van der Waals surface area contributed by atoms with E-state index in [0.29, 0.717) is 16.3 Å². The van der Waals surface area contributed by atoms with Crippen molar-refractivity contribution in [2.45, 2.75) is 11.8 Å². The van der Waals surface area contributed by atoms with Gasteiger partial charge in [-0.3, -0.25) is 14.3 Å². The molecule has 0 aliphatic carbocycles. The normalized spacial score (nSPS) is 14.1. The van der Waals surface area contributed by atoms with Crippen LogP contribution in [0.1, 0.15) is 5.56 Å². The number of rotatable bonds is 7. The first-order valence-corrected chi connectivity index (χ1v) is 12.7. The highest BCUT2D eigenvalue weighted by Crippen LogP contribution is 2.38. The summed E-state index contributed by atoms with van der Waals surface area (Å²) in [7, 11) is -2.45. The molecule has 1 aliphatic rings. The number of sulfonamides is 1. The number of aromatic nitrogens is 1. The fourth-order valence-corrected chi connectivity index (χ4v) is 5.28. The number of carbonyl (C=O) groups is 2. The second kappa shape index (κ2) is 9.26. The number of halogens is 2. The van der Waals surface area contributed by atoms with Gasteiger partial charge in [-0.1, -0.05) is 23.2 Å². The molecular formula is C21H16Cl2N4O5S2. The number of thiazole rings is 1. The quantitative estimate of drug-likeness (QED) is 0.429. The number of aryl methyl sites for hydroxylation is 1. The molecule has 0 saturated heterocycles. The molecule has 9 nitrogen and oxygen atoms in total.